The summed E-state index contributed by atoms with van der Waals surface area (Å²) in [5, 5.41) is 21.0. The molecule has 3 aromatic carbocycles. The number of hydrogen-bond acceptors (Lipinski definition) is 4. The molecule has 7 nitrogen and oxygen atoms in total. The van der Waals surface area contributed by atoms with Crippen LogP contribution in [-0.4, -0.2) is 26.8 Å². The Bertz CT molecular complexity index is 1390. The normalized spacial score (nSPS) is 13.1. The molecule has 1 fully saturated rings. The van der Waals surface area contributed by atoms with E-state index in [4.69, 9.17) is 0 Å². The van der Waals surface area contributed by atoms with Gasteiger partial charge in [-0.2, -0.15) is 9.78 Å². The van der Waals surface area contributed by atoms with Crippen LogP contribution >= 0.6 is 0 Å². The van der Waals surface area contributed by atoms with Crippen LogP contribution in [0.4, 0.5) is 10.5 Å². The van der Waals surface area contributed by atoms with Crippen LogP contribution in [0.3, 0.4) is 0 Å². The maximum absolute atomic E-state index is 13.1. The van der Waals surface area contributed by atoms with E-state index in [1.165, 1.54) is 10.7 Å². The van der Waals surface area contributed by atoms with Gasteiger partial charge in [0.1, 0.15) is 5.75 Å². The highest BCUT2D eigenvalue weighted by atomic mass is 16.3. The second-order valence-electron chi connectivity index (χ2n) is 9.19. The van der Waals surface area contributed by atoms with Gasteiger partial charge in [0.25, 0.3) is 5.91 Å². The molecule has 5 rings (SSSR count). The van der Waals surface area contributed by atoms with Crippen molar-refractivity contribution in [3.05, 3.63) is 101 Å². The van der Waals surface area contributed by atoms with E-state index in [9.17, 15) is 14.7 Å². The second-order valence-corrected chi connectivity index (χ2v) is 9.19. The zero-order valence-electron chi connectivity index (χ0n) is 20.1. The minimum Gasteiger partial charge on any atom is -0.507 e. The number of benzene rings is 3. The van der Waals surface area contributed by atoms with Gasteiger partial charge in [0.2, 0.25) is 0 Å². The van der Waals surface area contributed by atoms with Crippen LogP contribution in [0.5, 0.6) is 5.75 Å². The largest absolute Gasteiger partial charge is 0.507 e. The van der Waals surface area contributed by atoms with Crippen molar-refractivity contribution in [1.82, 2.24) is 15.1 Å². The third-order valence-corrected chi connectivity index (χ3v) is 6.58. The summed E-state index contributed by atoms with van der Waals surface area (Å²) >= 11 is 0. The van der Waals surface area contributed by atoms with Gasteiger partial charge in [0.15, 0.2) is 0 Å². The van der Waals surface area contributed by atoms with Crippen molar-refractivity contribution in [2.24, 2.45) is 0 Å². The van der Waals surface area contributed by atoms with E-state index in [1.54, 1.807) is 24.3 Å². The Hall–Kier alpha value is -4.39. The standard InChI is InChI=1S/C29H28N4O3/c1-19-10-12-22(13-11-19)28(35)31-23-14-15-27(34)24(16-23)25-17-26(21-8-5-9-21)33(32-25)29(36)30-18-20-6-3-2-4-7-20/h2-4,6-7,10-17,21,34H,5,8-9,18H2,1H3,(H,30,36)(H,31,35). The molecule has 4 aromatic rings. The van der Waals surface area contributed by atoms with Crippen molar-refractivity contribution < 1.29 is 14.7 Å². The smallest absolute Gasteiger partial charge is 0.342 e. The number of anilines is 1. The number of rotatable bonds is 6. The Kier molecular flexibility index (Phi) is 6.54. The van der Waals surface area contributed by atoms with Gasteiger partial charge in [0, 0.05) is 29.3 Å². The summed E-state index contributed by atoms with van der Waals surface area (Å²) in [7, 11) is 0. The van der Waals surface area contributed by atoms with Gasteiger partial charge in [-0.1, -0.05) is 54.4 Å². The molecular formula is C29H28N4O3. The molecule has 1 aliphatic carbocycles. The maximum atomic E-state index is 13.1. The van der Waals surface area contributed by atoms with Gasteiger partial charge in [-0.3, -0.25) is 4.79 Å². The van der Waals surface area contributed by atoms with Crippen LogP contribution in [0.2, 0.25) is 0 Å². The molecule has 1 heterocycles. The van der Waals surface area contributed by atoms with Crippen molar-refractivity contribution in [3.8, 4) is 17.0 Å². The summed E-state index contributed by atoms with van der Waals surface area (Å²) in [6.45, 7) is 2.36. The predicted molar refractivity (Wildman–Crippen MR) is 139 cm³/mol. The Balaban J connectivity index is 1.40. The fourth-order valence-electron chi connectivity index (χ4n) is 4.26. The van der Waals surface area contributed by atoms with E-state index in [1.807, 2.05) is 55.5 Å². The van der Waals surface area contributed by atoms with Crippen molar-refractivity contribution in [2.45, 2.75) is 38.6 Å². The Morgan fingerprint density at radius 1 is 1.00 bits per heavy atom. The number of carbonyl (C=O) groups excluding carboxylic acids is 2. The van der Waals surface area contributed by atoms with Crippen LogP contribution < -0.4 is 10.6 Å². The first-order valence-electron chi connectivity index (χ1n) is 12.1. The average Bonchev–Trinajstić information content (AvgIpc) is 3.28. The third kappa shape index (κ3) is 5.00. The molecule has 0 aliphatic heterocycles. The Morgan fingerprint density at radius 2 is 1.75 bits per heavy atom. The van der Waals surface area contributed by atoms with Crippen LogP contribution in [0.1, 0.15) is 52.4 Å². The van der Waals surface area contributed by atoms with Gasteiger partial charge >= 0.3 is 6.03 Å². The number of nitrogens with one attached hydrogen (secondary N) is 2. The van der Waals surface area contributed by atoms with E-state index in [2.05, 4.69) is 15.7 Å². The van der Waals surface area contributed by atoms with Crippen LogP contribution in [0.15, 0.2) is 78.9 Å². The molecule has 2 amide bonds. The molecular weight excluding hydrogens is 452 g/mol. The van der Waals surface area contributed by atoms with E-state index in [-0.39, 0.29) is 23.6 Å². The molecule has 0 saturated heterocycles. The number of nitrogens with zero attached hydrogens (tertiary/aromatic N) is 2. The Morgan fingerprint density at radius 3 is 2.44 bits per heavy atom. The fourth-order valence-corrected chi connectivity index (χ4v) is 4.26. The van der Waals surface area contributed by atoms with E-state index in [0.717, 1.165) is 36.1 Å². The number of aromatic nitrogens is 2. The summed E-state index contributed by atoms with van der Waals surface area (Å²) in [6.07, 6.45) is 3.11. The summed E-state index contributed by atoms with van der Waals surface area (Å²) < 4.78 is 1.42. The lowest BCUT2D eigenvalue weighted by atomic mass is 9.82. The fraction of sp³-hybridized carbons (Fsp3) is 0.207. The molecule has 7 heteroatoms. The summed E-state index contributed by atoms with van der Waals surface area (Å²) in [4.78, 5) is 25.8. The molecule has 0 radical (unpaired) electrons. The summed E-state index contributed by atoms with van der Waals surface area (Å²) in [5.41, 5.74) is 4.91. The number of carbonyl (C=O) groups is 2. The first-order chi connectivity index (χ1) is 17.5. The number of aromatic hydroxyl groups is 1. The number of amides is 2. The number of phenols is 1. The number of hydrogen-bond donors (Lipinski definition) is 3. The monoisotopic (exact) mass is 480 g/mol. The highest BCUT2D eigenvalue weighted by molar-refractivity contribution is 6.04. The summed E-state index contributed by atoms with van der Waals surface area (Å²) in [6, 6.07) is 23.4. The Labute approximate surface area is 209 Å². The average molecular weight is 481 g/mol. The SMILES string of the molecule is Cc1ccc(C(=O)Nc2ccc(O)c(-c3cc(C4CCC4)n(C(=O)NCc4ccccc4)n3)c2)cc1. The zero-order chi connectivity index (χ0) is 25.1. The number of phenolic OH excluding ortho intramolecular Hbond substituents is 1. The van der Waals surface area contributed by atoms with Crippen molar-refractivity contribution in [2.75, 3.05) is 5.32 Å². The summed E-state index contributed by atoms with van der Waals surface area (Å²) in [5.74, 6) is 0.0331. The van der Waals surface area contributed by atoms with Gasteiger partial charge in [-0.15, -0.1) is 0 Å². The first kappa shape index (κ1) is 23.4. The molecule has 36 heavy (non-hydrogen) atoms. The lowest BCUT2D eigenvalue weighted by molar-refractivity contribution is 0.102. The van der Waals surface area contributed by atoms with Crippen molar-refractivity contribution >= 4 is 17.6 Å². The molecule has 0 atom stereocenters. The van der Waals surface area contributed by atoms with Crippen LogP contribution in [0.25, 0.3) is 11.3 Å². The second kappa shape index (κ2) is 10.1. The lowest BCUT2D eigenvalue weighted by Gasteiger charge is -2.25. The van der Waals surface area contributed by atoms with E-state index >= 15 is 0 Å². The molecule has 0 bridgehead atoms. The van der Waals surface area contributed by atoms with Crippen LogP contribution in [-0.2, 0) is 6.54 Å². The maximum Gasteiger partial charge on any atom is 0.342 e. The highest BCUT2D eigenvalue weighted by Gasteiger charge is 2.27. The topological polar surface area (TPSA) is 96.2 Å². The van der Waals surface area contributed by atoms with E-state index in [0.29, 0.717) is 29.1 Å². The minimum absolute atomic E-state index is 0.0258. The van der Waals surface area contributed by atoms with Gasteiger partial charge in [-0.25, -0.2) is 4.79 Å². The minimum atomic E-state index is -0.310. The predicted octanol–water partition coefficient (Wildman–Crippen LogP) is 5.84. The molecule has 3 N–H and O–H groups in total. The third-order valence-electron chi connectivity index (χ3n) is 6.58. The molecule has 182 valence electrons. The lowest BCUT2D eigenvalue weighted by Crippen LogP contribution is -2.31. The van der Waals surface area contributed by atoms with Gasteiger partial charge in [0.05, 0.1) is 11.4 Å². The van der Waals surface area contributed by atoms with E-state index < -0.39 is 0 Å². The van der Waals surface area contributed by atoms with Crippen molar-refractivity contribution in [3.63, 3.8) is 0 Å². The number of aryl methyl sites for hydroxylation is 1. The zero-order valence-corrected chi connectivity index (χ0v) is 20.1. The molecule has 0 spiro atoms. The first-order valence-corrected chi connectivity index (χ1v) is 12.1. The van der Waals surface area contributed by atoms with Gasteiger partial charge < -0.3 is 15.7 Å². The van der Waals surface area contributed by atoms with Crippen molar-refractivity contribution in [1.29, 1.82) is 0 Å². The highest BCUT2D eigenvalue weighted by Crippen LogP contribution is 2.39. The van der Waals surface area contributed by atoms with Crippen LogP contribution in [0, 0.1) is 6.92 Å². The molecule has 1 aliphatic rings. The molecule has 1 aromatic heterocycles. The van der Waals surface area contributed by atoms with Gasteiger partial charge in [-0.05, 0) is 61.7 Å². The molecule has 0 unspecified atom stereocenters. The quantitative estimate of drug-likeness (QED) is 0.302. The molecule has 1 saturated carbocycles.